The van der Waals surface area contributed by atoms with Crippen LogP contribution in [0.15, 0.2) is 35.5 Å². The van der Waals surface area contributed by atoms with Gasteiger partial charge < -0.3 is 4.74 Å². The lowest BCUT2D eigenvalue weighted by Crippen LogP contribution is -2.20. The van der Waals surface area contributed by atoms with Crippen molar-refractivity contribution in [2.75, 3.05) is 0 Å². The molecule has 0 spiro atoms. The first kappa shape index (κ1) is 18.8. The molecule has 0 unspecified atom stereocenters. The molecule has 0 aliphatic carbocycles. The minimum absolute atomic E-state index is 0.0482. The molecular formula is C19H18F2N6O2. The molecule has 0 saturated carbocycles. The first-order valence-electron chi connectivity index (χ1n) is 8.87. The highest BCUT2D eigenvalue weighted by molar-refractivity contribution is 5.74. The van der Waals surface area contributed by atoms with E-state index in [0.717, 1.165) is 4.57 Å². The molecular weight excluding hydrogens is 382 g/mol. The fraction of sp³-hybridized carbons (Fsp3) is 0.263. The number of fused-ring (bicyclic) bond motifs is 1. The Labute approximate surface area is 164 Å². The third-order valence-electron chi connectivity index (χ3n) is 4.55. The standard InChI is InChI=1S/C19H18F2N6O2/c1-10(2)27-17-13(8-23-27)18(28)26(4)19(24-17)29-14-6-5-12(15(20)16(14)21)11-7-22-25(3)9-11/h5-10H,1-4H3. The van der Waals surface area contributed by atoms with Crippen molar-refractivity contribution < 1.29 is 13.5 Å². The quantitative estimate of drug-likeness (QED) is 0.526. The van der Waals surface area contributed by atoms with Crippen molar-refractivity contribution >= 4 is 11.0 Å². The molecule has 3 aromatic heterocycles. The molecule has 0 N–H and O–H groups in total. The van der Waals surface area contributed by atoms with Crippen LogP contribution in [0.4, 0.5) is 8.78 Å². The Morgan fingerprint density at radius 1 is 1.07 bits per heavy atom. The molecule has 4 rings (SSSR count). The summed E-state index contributed by atoms with van der Waals surface area (Å²) in [5, 5.41) is 8.44. The molecule has 29 heavy (non-hydrogen) atoms. The molecule has 0 saturated heterocycles. The number of aryl methyl sites for hydroxylation is 1. The van der Waals surface area contributed by atoms with Gasteiger partial charge in [0, 0.05) is 37.5 Å². The van der Waals surface area contributed by atoms with Gasteiger partial charge in [0.2, 0.25) is 5.82 Å². The Kier molecular flexibility index (Phi) is 4.40. The van der Waals surface area contributed by atoms with Crippen LogP contribution < -0.4 is 10.3 Å². The minimum atomic E-state index is -1.18. The van der Waals surface area contributed by atoms with Crippen molar-refractivity contribution in [2.24, 2.45) is 14.1 Å². The zero-order valence-corrected chi connectivity index (χ0v) is 16.2. The third-order valence-corrected chi connectivity index (χ3v) is 4.55. The van der Waals surface area contributed by atoms with Crippen LogP contribution in [0.25, 0.3) is 22.2 Å². The van der Waals surface area contributed by atoms with Gasteiger partial charge in [0.25, 0.3) is 5.56 Å². The molecule has 150 valence electrons. The molecule has 0 bridgehead atoms. The largest absolute Gasteiger partial charge is 0.422 e. The molecule has 8 nitrogen and oxygen atoms in total. The fourth-order valence-corrected chi connectivity index (χ4v) is 3.01. The SMILES string of the molecule is CC(C)n1ncc2c(=O)n(C)c(Oc3ccc(-c4cnn(C)c4)c(F)c3F)nc21. The summed E-state index contributed by atoms with van der Waals surface area (Å²) in [4.78, 5) is 16.9. The van der Waals surface area contributed by atoms with Crippen LogP contribution in [0.5, 0.6) is 11.8 Å². The summed E-state index contributed by atoms with van der Waals surface area (Å²) >= 11 is 0. The van der Waals surface area contributed by atoms with E-state index in [9.17, 15) is 13.6 Å². The zero-order chi connectivity index (χ0) is 20.9. The lowest BCUT2D eigenvalue weighted by molar-refractivity contribution is 0.376. The predicted octanol–water partition coefficient (Wildman–Crippen LogP) is 3.18. The van der Waals surface area contributed by atoms with Crippen LogP contribution in [-0.4, -0.2) is 29.1 Å². The van der Waals surface area contributed by atoms with Crippen molar-refractivity contribution in [3.8, 4) is 22.9 Å². The summed E-state index contributed by atoms with van der Waals surface area (Å²) in [5.74, 6) is -2.64. The Morgan fingerprint density at radius 2 is 1.83 bits per heavy atom. The second-order valence-electron chi connectivity index (χ2n) is 6.92. The smallest absolute Gasteiger partial charge is 0.306 e. The molecule has 0 atom stereocenters. The topological polar surface area (TPSA) is 79.8 Å². The first-order chi connectivity index (χ1) is 13.8. The minimum Gasteiger partial charge on any atom is -0.422 e. The van der Waals surface area contributed by atoms with Crippen molar-refractivity contribution in [1.82, 2.24) is 29.1 Å². The first-order valence-corrected chi connectivity index (χ1v) is 8.87. The van der Waals surface area contributed by atoms with Gasteiger partial charge in [-0.25, -0.2) is 9.07 Å². The summed E-state index contributed by atoms with van der Waals surface area (Å²) in [5.41, 5.74) is 0.400. The molecule has 10 heteroatoms. The number of halogens is 2. The highest BCUT2D eigenvalue weighted by Crippen LogP contribution is 2.31. The second-order valence-corrected chi connectivity index (χ2v) is 6.92. The number of ether oxygens (including phenoxy) is 1. The van der Waals surface area contributed by atoms with Crippen LogP contribution in [0.1, 0.15) is 19.9 Å². The van der Waals surface area contributed by atoms with Crippen LogP contribution in [0.3, 0.4) is 0 Å². The molecule has 0 aliphatic rings. The Morgan fingerprint density at radius 3 is 2.48 bits per heavy atom. The van der Waals surface area contributed by atoms with Gasteiger partial charge in [-0.05, 0) is 26.0 Å². The fourth-order valence-electron chi connectivity index (χ4n) is 3.01. The molecule has 0 radical (unpaired) electrons. The van der Waals surface area contributed by atoms with Crippen molar-refractivity contribution in [2.45, 2.75) is 19.9 Å². The van der Waals surface area contributed by atoms with Gasteiger partial charge in [0.1, 0.15) is 5.39 Å². The Bertz CT molecular complexity index is 1290. The monoisotopic (exact) mass is 400 g/mol. The van der Waals surface area contributed by atoms with Gasteiger partial charge in [-0.2, -0.15) is 19.6 Å². The number of nitrogens with zero attached hydrogens (tertiary/aromatic N) is 6. The molecule has 4 aromatic rings. The van der Waals surface area contributed by atoms with E-state index in [4.69, 9.17) is 4.74 Å². The summed E-state index contributed by atoms with van der Waals surface area (Å²) in [6.45, 7) is 3.77. The van der Waals surface area contributed by atoms with Crippen LogP contribution in [0, 0.1) is 11.6 Å². The predicted molar refractivity (Wildman–Crippen MR) is 102 cm³/mol. The van der Waals surface area contributed by atoms with Gasteiger partial charge in [-0.15, -0.1) is 0 Å². The van der Waals surface area contributed by atoms with E-state index in [0.29, 0.717) is 16.6 Å². The second kappa shape index (κ2) is 6.80. The summed E-state index contributed by atoms with van der Waals surface area (Å²) < 4.78 is 39.0. The maximum atomic E-state index is 14.7. The van der Waals surface area contributed by atoms with E-state index in [1.54, 1.807) is 17.9 Å². The summed E-state index contributed by atoms with van der Waals surface area (Å²) in [7, 11) is 3.12. The number of hydrogen-bond donors (Lipinski definition) is 0. The number of benzene rings is 1. The maximum Gasteiger partial charge on any atom is 0.306 e. The average molecular weight is 400 g/mol. The van der Waals surface area contributed by atoms with Gasteiger partial charge in [-0.1, -0.05) is 0 Å². The average Bonchev–Trinajstić information content (AvgIpc) is 3.29. The van der Waals surface area contributed by atoms with E-state index in [-0.39, 0.29) is 23.4 Å². The van der Waals surface area contributed by atoms with E-state index in [1.807, 2.05) is 13.8 Å². The van der Waals surface area contributed by atoms with Gasteiger partial charge >= 0.3 is 6.01 Å². The van der Waals surface area contributed by atoms with Crippen LogP contribution >= 0.6 is 0 Å². The molecule has 0 amide bonds. The number of hydrogen-bond acceptors (Lipinski definition) is 5. The highest BCUT2D eigenvalue weighted by atomic mass is 19.2. The molecule has 3 heterocycles. The molecule has 0 aliphatic heterocycles. The Balaban J connectivity index is 1.79. The van der Waals surface area contributed by atoms with E-state index in [2.05, 4.69) is 15.2 Å². The number of rotatable bonds is 4. The molecule has 0 fully saturated rings. The number of aromatic nitrogens is 6. The van der Waals surface area contributed by atoms with Gasteiger partial charge in [-0.3, -0.25) is 14.0 Å². The normalized spacial score (nSPS) is 11.6. The van der Waals surface area contributed by atoms with Gasteiger partial charge in [0.15, 0.2) is 17.2 Å². The highest BCUT2D eigenvalue weighted by Gasteiger charge is 2.20. The van der Waals surface area contributed by atoms with Crippen molar-refractivity contribution in [3.05, 3.63) is 52.7 Å². The van der Waals surface area contributed by atoms with Crippen LogP contribution in [-0.2, 0) is 14.1 Å². The molecule has 1 aromatic carbocycles. The van der Waals surface area contributed by atoms with E-state index in [1.165, 1.54) is 36.3 Å². The van der Waals surface area contributed by atoms with E-state index >= 15 is 0 Å². The van der Waals surface area contributed by atoms with E-state index < -0.39 is 17.2 Å². The lowest BCUT2D eigenvalue weighted by atomic mass is 10.1. The third kappa shape index (κ3) is 3.06. The van der Waals surface area contributed by atoms with Crippen LogP contribution in [0.2, 0.25) is 0 Å². The zero-order valence-electron chi connectivity index (χ0n) is 16.2. The summed E-state index contributed by atoms with van der Waals surface area (Å²) in [6, 6.07) is 2.46. The van der Waals surface area contributed by atoms with Crippen molar-refractivity contribution in [3.63, 3.8) is 0 Å². The lowest BCUT2D eigenvalue weighted by Gasteiger charge is -2.12. The summed E-state index contributed by atoms with van der Waals surface area (Å²) in [6.07, 6.45) is 4.44. The van der Waals surface area contributed by atoms with Gasteiger partial charge in [0.05, 0.1) is 12.4 Å². The maximum absolute atomic E-state index is 14.7. The Hall–Kier alpha value is -3.56. The van der Waals surface area contributed by atoms with Crippen molar-refractivity contribution in [1.29, 1.82) is 0 Å².